The highest BCUT2D eigenvalue weighted by atomic mass is 15.2. The fourth-order valence-corrected chi connectivity index (χ4v) is 3.27. The van der Waals surface area contributed by atoms with Crippen molar-refractivity contribution in [3.63, 3.8) is 0 Å². The minimum atomic E-state index is 0.392. The van der Waals surface area contributed by atoms with Gasteiger partial charge >= 0.3 is 0 Å². The molecular weight excluding hydrogens is 210 g/mol. The molecule has 3 atom stereocenters. The molecule has 3 heteroatoms. The lowest BCUT2D eigenvalue weighted by molar-refractivity contribution is 0.453. The van der Waals surface area contributed by atoms with Crippen LogP contribution in [0.25, 0.3) is 0 Å². The third kappa shape index (κ3) is 1.79. The maximum Gasteiger partial charge on any atom is 0.0991 e. The molecule has 3 nitrogen and oxygen atoms in total. The Morgan fingerprint density at radius 2 is 1.94 bits per heavy atom. The van der Waals surface area contributed by atoms with Crippen molar-refractivity contribution in [3.05, 3.63) is 29.8 Å². The highest BCUT2D eigenvalue weighted by Crippen LogP contribution is 2.38. The van der Waals surface area contributed by atoms with Gasteiger partial charge in [-0.3, -0.25) is 0 Å². The molecule has 0 amide bonds. The van der Waals surface area contributed by atoms with E-state index in [1.54, 1.807) is 0 Å². The van der Waals surface area contributed by atoms with E-state index in [1.807, 2.05) is 24.3 Å². The van der Waals surface area contributed by atoms with E-state index in [-0.39, 0.29) is 0 Å². The van der Waals surface area contributed by atoms with Gasteiger partial charge in [-0.2, -0.15) is 5.26 Å². The molecule has 17 heavy (non-hydrogen) atoms. The predicted octanol–water partition coefficient (Wildman–Crippen LogP) is 1.73. The topological polar surface area (TPSA) is 53.0 Å². The number of nitriles is 1. The van der Waals surface area contributed by atoms with Crippen molar-refractivity contribution in [3.8, 4) is 6.07 Å². The highest BCUT2D eigenvalue weighted by molar-refractivity contribution is 5.50. The normalized spacial score (nSPS) is 31.3. The van der Waals surface area contributed by atoms with Gasteiger partial charge in [0.2, 0.25) is 0 Å². The standard InChI is InChI=1S/C14H17N3/c15-7-10-1-4-12(5-2-10)17-8-11-3-6-14(16)13(11)9-17/h1-2,4-5,11,13-14H,3,6,8-9,16H2. The Bertz CT molecular complexity index is 446. The summed E-state index contributed by atoms with van der Waals surface area (Å²) in [5.41, 5.74) is 8.09. The average Bonchev–Trinajstić information content (AvgIpc) is 2.92. The largest absolute Gasteiger partial charge is 0.371 e. The minimum Gasteiger partial charge on any atom is -0.371 e. The third-order valence-corrected chi connectivity index (χ3v) is 4.27. The molecule has 1 heterocycles. The number of rotatable bonds is 1. The Morgan fingerprint density at radius 3 is 2.59 bits per heavy atom. The van der Waals surface area contributed by atoms with Gasteiger partial charge in [-0.25, -0.2) is 0 Å². The molecule has 1 saturated heterocycles. The van der Waals surface area contributed by atoms with Gasteiger partial charge in [-0.15, -0.1) is 0 Å². The average molecular weight is 227 g/mol. The number of hydrogen-bond donors (Lipinski definition) is 1. The summed E-state index contributed by atoms with van der Waals surface area (Å²) in [6.07, 6.45) is 2.47. The molecule has 0 radical (unpaired) electrons. The fourth-order valence-electron chi connectivity index (χ4n) is 3.27. The zero-order valence-corrected chi connectivity index (χ0v) is 9.84. The second-order valence-electron chi connectivity index (χ2n) is 5.23. The van der Waals surface area contributed by atoms with Gasteiger partial charge in [0.05, 0.1) is 11.6 Å². The number of nitrogens with zero attached hydrogens (tertiary/aromatic N) is 2. The summed E-state index contributed by atoms with van der Waals surface area (Å²) in [6.45, 7) is 2.21. The monoisotopic (exact) mass is 227 g/mol. The zero-order chi connectivity index (χ0) is 11.8. The zero-order valence-electron chi connectivity index (χ0n) is 9.84. The number of anilines is 1. The number of nitrogens with two attached hydrogens (primary N) is 1. The molecule has 1 aliphatic carbocycles. The molecule has 2 fully saturated rings. The summed E-state index contributed by atoms with van der Waals surface area (Å²) < 4.78 is 0. The first-order chi connectivity index (χ1) is 8.28. The first-order valence-corrected chi connectivity index (χ1v) is 6.28. The van der Waals surface area contributed by atoms with E-state index < -0.39 is 0 Å². The van der Waals surface area contributed by atoms with E-state index in [9.17, 15) is 0 Å². The van der Waals surface area contributed by atoms with Crippen LogP contribution in [0.5, 0.6) is 0 Å². The molecule has 1 saturated carbocycles. The van der Waals surface area contributed by atoms with Crippen LogP contribution in [0.1, 0.15) is 18.4 Å². The molecule has 1 aromatic rings. The van der Waals surface area contributed by atoms with Crippen LogP contribution in [0.3, 0.4) is 0 Å². The van der Waals surface area contributed by atoms with Gasteiger partial charge in [0.25, 0.3) is 0 Å². The van der Waals surface area contributed by atoms with Gasteiger partial charge in [0.1, 0.15) is 0 Å². The van der Waals surface area contributed by atoms with Crippen molar-refractivity contribution in [1.29, 1.82) is 5.26 Å². The predicted molar refractivity (Wildman–Crippen MR) is 67.6 cm³/mol. The Hall–Kier alpha value is -1.53. The van der Waals surface area contributed by atoms with Crippen molar-refractivity contribution < 1.29 is 0 Å². The summed E-state index contributed by atoms with van der Waals surface area (Å²) in [5.74, 6) is 1.45. The van der Waals surface area contributed by atoms with Crippen molar-refractivity contribution in [2.75, 3.05) is 18.0 Å². The van der Waals surface area contributed by atoms with Gasteiger partial charge in [-0.1, -0.05) is 0 Å². The van der Waals surface area contributed by atoms with Gasteiger partial charge < -0.3 is 10.6 Å². The van der Waals surface area contributed by atoms with Crippen molar-refractivity contribution in [2.45, 2.75) is 18.9 Å². The molecule has 3 rings (SSSR count). The second-order valence-corrected chi connectivity index (χ2v) is 5.23. The van der Waals surface area contributed by atoms with E-state index in [2.05, 4.69) is 11.0 Å². The molecule has 88 valence electrons. The summed E-state index contributed by atoms with van der Waals surface area (Å²) in [6, 6.07) is 10.4. The number of hydrogen-bond acceptors (Lipinski definition) is 3. The molecule has 3 unspecified atom stereocenters. The van der Waals surface area contributed by atoms with Crippen LogP contribution in [-0.2, 0) is 0 Å². The molecule has 0 aromatic heterocycles. The van der Waals surface area contributed by atoms with Crippen molar-refractivity contribution >= 4 is 5.69 Å². The summed E-state index contributed by atoms with van der Waals surface area (Å²) in [7, 11) is 0. The Balaban J connectivity index is 1.76. The quantitative estimate of drug-likeness (QED) is 0.795. The summed E-state index contributed by atoms with van der Waals surface area (Å²) in [4.78, 5) is 2.41. The molecule has 1 aliphatic heterocycles. The van der Waals surface area contributed by atoms with Gasteiger partial charge in [-0.05, 0) is 48.9 Å². The van der Waals surface area contributed by atoms with Crippen LogP contribution in [-0.4, -0.2) is 19.1 Å². The Labute approximate surface area is 102 Å². The smallest absolute Gasteiger partial charge is 0.0991 e. The van der Waals surface area contributed by atoms with Crippen LogP contribution >= 0.6 is 0 Å². The molecule has 1 aromatic carbocycles. The lowest BCUT2D eigenvalue weighted by Gasteiger charge is -2.20. The fraction of sp³-hybridized carbons (Fsp3) is 0.500. The van der Waals surface area contributed by atoms with Gasteiger partial charge in [0.15, 0.2) is 0 Å². The lowest BCUT2D eigenvalue weighted by Crippen LogP contribution is -2.30. The van der Waals surface area contributed by atoms with Gasteiger partial charge in [0, 0.05) is 24.8 Å². The van der Waals surface area contributed by atoms with Crippen molar-refractivity contribution in [2.24, 2.45) is 17.6 Å². The molecule has 2 N–H and O–H groups in total. The van der Waals surface area contributed by atoms with Crippen LogP contribution in [0.15, 0.2) is 24.3 Å². The second kappa shape index (κ2) is 4.05. The Morgan fingerprint density at radius 1 is 1.18 bits per heavy atom. The SMILES string of the molecule is N#Cc1ccc(N2CC3CCC(N)C3C2)cc1. The van der Waals surface area contributed by atoms with E-state index in [4.69, 9.17) is 11.0 Å². The lowest BCUT2D eigenvalue weighted by atomic mass is 9.98. The van der Waals surface area contributed by atoms with E-state index in [0.717, 1.165) is 24.6 Å². The number of fused-ring (bicyclic) bond motifs is 1. The van der Waals surface area contributed by atoms with Crippen LogP contribution in [0, 0.1) is 23.2 Å². The molecular formula is C14H17N3. The van der Waals surface area contributed by atoms with Crippen LogP contribution in [0.2, 0.25) is 0 Å². The molecule has 2 aliphatic rings. The van der Waals surface area contributed by atoms with E-state index in [0.29, 0.717) is 12.0 Å². The number of benzene rings is 1. The van der Waals surface area contributed by atoms with E-state index in [1.165, 1.54) is 18.5 Å². The maximum atomic E-state index is 8.78. The highest BCUT2D eigenvalue weighted by Gasteiger charge is 2.40. The van der Waals surface area contributed by atoms with E-state index >= 15 is 0 Å². The molecule has 0 spiro atoms. The first kappa shape index (κ1) is 10.6. The van der Waals surface area contributed by atoms with Crippen LogP contribution < -0.4 is 10.6 Å². The summed E-state index contributed by atoms with van der Waals surface area (Å²) >= 11 is 0. The Kier molecular flexibility index (Phi) is 2.53. The van der Waals surface area contributed by atoms with Crippen molar-refractivity contribution in [1.82, 2.24) is 0 Å². The maximum absolute atomic E-state index is 8.78. The van der Waals surface area contributed by atoms with Crippen LogP contribution in [0.4, 0.5) is 5.69 Å². The summed E-state index contributed by atoms with van der Waals surface area (Å²) in [5, 5.41) is 8.78. The first-order valence-electron chi connectivity index (χ1n) is 6.28. The minimum absolute atomic E-state index is 0.392. The third-order valence-electron chi connectivity index (χ3n) is 4.27. The molecule has 0 bridgehead atoms.